The van der Waals surface area contributed by atoms with Crippen molar-refractivity contribution in [1.29, 1.82) is 0 Å². The van der Waals surface area contributed by atoms with Crippen molar-refractivity contribution < 1.29 is 9.13 Å². The highest BCUT2D eigenvalue weighted by atomic mass is 14.9. The van der Waals surface area contributed by atoms with Gasteiger partial charge in [0.25, 0.3) is 0 Å². The molecule has 272 valence electrons. The van der Waals surface area contributed by atoms with Crippen molar-refractivity contribution in [1.82, 2.24) is 9.97 Å². The van der Waals surface area contributed by atoms with Gasteiger partial charge in [-0.05, 0) is 62.8 Å². The van der Waals surface area contributed by atoms with E-state index in [4.69, 9.17) is 0 Å². The largest absolute Gasteiger partial charge is 0.261 e. The number of unbranched alkanes of at least 4 members (excludes halogenated alkanes) is 18. The van der Waals surface area contributed by atoms with Gasteiger partial charge in [-0.3, -0.25) is 9.97 Å². The molecule has 4 rings (SSSR count). The maximum absolute atomic E-state index is 4.38. The van der Waals surface area contributed by atoms with E-state index in [1.54, 1.807) is 0 Å². The third-order valence-corrected chi connectivity index (χ3v) is 10.0. The van der Waals surface area contributed by atoms with E-state index in [0.29, 0.717) is 0 Å². The normalized spacial score (nSPS) is 10.9. The average molecular weight is 679 g/mol. The van der Waals surface area contributed by atoms with Gasteiger partial charge in [-0.2, -0.15) is 0 Å². The highest BCUT2D eigenvalue weighted by molar-refractivity contribution is 5.04. The molecule has 0 unspecified atom stereocenters. The first-order chi connectivity index (χ1) is 24.7. The Hall–Kier alpha value is -3.40. The molecular formula is C46H70N4+2. The number of hydrogen-bond acceptors (Lipinski definition) is 2. The van der Waals surface area contributed by atoms with Crippen LogP contribution >= 0.6 is 0 Å². The smallest absolute Gasteiger partial charge is 0.181 e. The van der Waals surface area contributed by atoms with Crippen LogP contribution in [0.5, 0.6) is 0 Å². The van der Waals surface area contributed by atoms with Crippen molar-refractivity contribution >= 4 is 0 Å². The minimum absolute atomic E-state index is 1.14. The lowest BCUT2D eigenvalue weighted by Crippen LogP contribution is -2.32. The molecule has 0 aliphatic carbocycles. The monoisotopic (exact) mass is 679 g/mol. The SMILES string of the molecule is C[n+]1ccccc1CCCCCCCCCCCCc1cccc[n+]1C.c1ccc(CCCCCCCCCCCCc2ccccn2)nc1. The fraction of sp³-hybridized carbons (Fsp3) is 0.565. The quantitative estimate of drug-likeness (QED) is 0.0489. The van der Waals surface area contributed by atoms with E-state index in [-0.39, 0.29) is 0 Å². The molecule has 0 atom stereocenters. The van der Waals surface area contributed by atoms with Crippen molar-refractivity contribution in [2.75, 3.05) is 0 Å². The minimum atomic E-state index is 1.14. The second-order valence-corrected chi connectivity index (χ2v) is 14.3. The first kappa shape index (κ1) is 41.0. The van der Waals surface area contributed by atoms with E-state index in [1.807, 2.05) is 24.5 Å². The van der Waals surface area contributed by atoms with E-state index in [2.05, 4.69) is 106 Å². The summed E-state index contributed by atoms with van der Waals surface area (Å²) in [5.74, 6) is 0. The number of rotatable bonds is 26. The van der Waals surface area contributed by atoms with Gasteiger partial charge >= 0.3 is 0 Å². The zero-order valence-electron chi connectivity index (χ0n) is 32.0. The van der Waals surface area contributed by atoms with Crippen LogP contribution in [0.15, 0.2) is 97.6 Å². The standard InChI is InChI=1S/C24H38N2.C22H32N2/c1-25-21-15-13-19-23(25)17-11-9-7-5-3-4-6-8-10-12-18-24-20-14-16-22-26(24)2;1(3-5-7-9-15-21-17-11-13-19-23-21)2-4-6-8-10-16-22-18-12-14-20-24-22/h13-16,19-22H,3-12,17-18H2,1-2H3;11-14,17-20H,1-10,15-16H2/q+2;. The number of aryl methyl sites for hydroxylation is 6. The molecule has 4 aromatic heterocycles. The number of nitrogens with zero attached hydrogens (tertiary/aromatic N) is 4. The van der Waals surface area contributed by atoms with Crippen LogP contribution in [0.1, 0.15) is 151 Å². The predicted molar refractivity (Wildman–Crippen MR) is 211 cm³/mol. The molecule has 4 heteroatoms. The van der Waals surface area contributed by atoms with Crippen LogP contribution < -0.4 is 9.13 Å². The van der Waals surface area contributed by atoms with Crippen LogP contribution in [0.25, 0.3) is 0 Å². The molecule has 0 aliphatic rings. The average Bonchev–Trinajstić information content (AvgIpc) is 3.15. The fourth-order valence-corrected chi connectivity index (χ4v) is 6.78. The zero-order valence-corrected chi connectivity index (χ0v) is 32.0. The molecule has 0 spiro atoms. The lowest BCUT2D eigenvalue weighted by Gasteiger charge is -2.03. The van der Waals surface area contributed by atoms with Gasteiger partial charge < -0.3 is 0 Å². The Morgan fingerprint density at radius 2 is 0.640 bits per heavy atom. The fourth-order valence-electron chi connectivity index (χ4n) is 6.78. The summed E-state index contributed by atoms with van der Waals surface area (Å²) in [4.78, 5) is 8.75. The summed E-state index contributed by atoms with van der Waals surface area (Å²) in [5, 5.41) is 0. The summed E-state index contributed by atoms with van der Waals surface area (Å²) in [6.07, 6.45) is 40.3. The second kappa shape index (κ2) is 28.3. The van der Waals surface area contributed by atoms with Crippen molar-refractivity contribution in [2.45, 2.75) is 154 Å². The highest BCUT2D eigenvalue weighted by Gasteiger charge is 2.05. The molecule has 0 fully saturated rings. The van der Waals surface area contributed by atoms with E-state index in [1.165, 1.54) is 164 Å². The van der Waals surface area contributed by atoms with Crippen LogP contribution in [-0.4, -0.2) is 9.97 Å². The topological polar surface area (TPSA) is 33.5 Å². The molecule has 0 saturated heterocycles. The molecule has 50 heavy (non-hydrogen) atoms. The maximum atomic E-state index is 4.38. The second-order valence-electron chi connectivity index (χ2n) is 14.3. The first-order valence-corrected chi connectivity index (χ1v) is 20.4. The Balaban J connectivity index is 0.000000271. The summed E-state index contributed by atoms with van der Waals surface area (Å²) in [6.45, 7) is 0. The molecule has 0 saturated carbocycles. The van der Waals surface area contributed by atoms with Gasteiger partial charge in [0.15, 0.2) is 23.8 Å². The third kappa shape index (κ3) is 20.3. The molecule has 0 aliphatic heterocycles. The Kier molecular flexibility index (Phi) is 23.2. The first-order valence-electron chi connectivity index (χ1n) is 20.4. The Morgan fingerprint density at radius 3 is 0.940 bits per heavy atom. The van der Waals surface area contributed by atoms with Crippen molar-refractivity contribution in [3.63, 3.8) is 0 Å². The van der Waals surface area contributed by atoms with Crippen molar-refractivity contribution in [3.05, 3.63) is 120 Å². The highest BCUT2D eigenvalue weighted by Crippen LogP contribution is 2.14. The summed E-state index contributed by atoms with van der Waals surface area (Å²) < 4.78 is 4.50. The molecule has 0 amide bonds. The van der Waals surface area contributed by atoms with Gasteiger partial charge in [-0.1, -0.05) is 127 Å². The minimum Gasteiger partial charge on any atom is -0.261 e. The number of aromatic nitrogens is 4. The van der Waals surface area contributed by atoms with Gasteiger partial charge in [-0.25, -0.2) is 9.13 Å². The van der Waals surface area contributed by atoms with Crippen LogP contribution in [0, 0.1) is 0 Å². The van der Waals surface area contributed by atoms with E-state index < -0.39 is 0 Å². The van der Waals surface area contributed by atoms with Crippen LogP contribution in [-0.2, 0) is 39.8 Å². The van der Waals surface area contributed by atoms with E-state index in [9.17, 15) is 0 Å². The summed E-state index contributed by atoms with van der Waals surface area (Å²) in [7, 11) is 4.30. The number of pyridine rings is 4. The van der Waals surface area contributed by atoms with Gasteiger partial charge in [0, 0.05) is 60.9 Å². The molecule has 0 N–H and O–H groups in total. The molecule has 4 heterocycles. The molecule has 0 radical (unpaired) electrons. The van der Waals surface area contributed by atoms with Crippen LogP contribution in [0.4, 0.5) is 0 Å². The molecule has 4 aromatic rings. The van der Waals surface area contributed by atoms with E-state index in [0.717, 1.165) is 12.8 Å². The van der Waals surface area contributed by atoms with Gasteiger partial charge in [0.2, 0.25) is 0 Å². The van der Waals surface area contributed by atoms with Crippen LogP contribution in [0.3, 0.4) is 0 Å². The zero-order chi connectivity index (χ0) is 35.2. The summed E-state index contributed by atoms with van der Waals surface area (Å²) in [6, 6.07) is 25.4. The molecule has 0 bridgehead atoms. The molecular weight excluding hydrogens is 609 g/mol. The summed E-state index contributed by atoms with van der Waals surface area (Å²) in [5.41, 5.74) is 5.39. The van der Waals surface area contributed by atoms with Crippen molar-refractivity contribution in [2.24, 2.45) is 14.1 Å². The number of hydrogen-bond donors (Lipinski definition) is 0. The Labute approximate surface area is 306 Å². The lowest BCUT2D eigenvalue weighted by molar-refractivity contribution is -0.679. The Morgan fingerprint density at radius 1 is 0.340 bits per heavy atom. The van der Waals surface area contributed by atoms with Crippen molar-refractivity contribution in [3.8, 4) is 0 Å². The predicted octanol–water partition coefficient (Wildman–Crippen LogP) is 11.2. The van der Waals surface area contributed by atoms with E-state index >= 15 is 0 Å². The maximum Gasteiger partial charge on any atom is 0.181 e. The van der Waals surface area contributed by atoms with Gasteiger partial charge in [0.1, 0.15) is 14.1 Å². The third-order valence-electron chi connectivity index (χ3n) is 10.0. The molecule has 4 nitrogen and oxygen atoms in total. The molecule has 0 aromatic carbocycles. The summed E-state index contributed by atoms with van der Waals surface area (Å²) >= 11 is 0. The van der Waals surface area contributed by atoms with Crippen LogP contribution in [0.2, 0.25) is 0 Å². The Bertz CT molecular complexity index is 1240. The lowest BCUT2D eigenvalue weighted by atomic mass is 10.0. The van der Waals surface area contributed by atoms with Gasteiger partial charge in [-0.15, -0.1) is 0 Å². The van der Waals surface area contributed by atoms with Gasteiger partial charge in [0.05, 0.1) is 0 Å².